The number of fused-ring (bicyclic) bond motifs is 1. The number of imidazole rings is 1. The number of aryl methyl sites for hydroxylation is 1. The predicted octanol–water partition coefficient (Wildman–Crippen LogP) is 4.67. The summed E-state index contributed by atoms with van der Waals surface area (Å²) in [6.07, 6.45) is 15.0. The summed E-state index contributed by atoms with van der Waals surface area (Å²) in [4.78, 5) is 8.32. The first-order valence-electron chi connectivity index (χ1n) is 7.93. The Morgan fingerprint density at radius 1 is 1.38 bits per heavy atom. The highest BCUT2D eigenvalue weighted by atomic mass is 35.5. The number of rotatable bonds is 4. The van der Waals surface area contributed by atoms with E-state index < -0.39 is 0 Å². The van der Waals surface area contributed by atoms with Crippen molar-refractivity contribution in [2.75, 3.05) is 7.05 Å². The van der Waals surface area contributed by atoms with Crippen LogP contribution in [0.2, 0.25) is 5.02 Å². The highest BCUT2D eigenvalue weighted by Crippen LogP contribution is 2.29. The van der Waals surface area contributed by atoms with E-state index >= 15 is 0 Å². The van der Waals surface area contributed by atoms with Crippen LogP contribution in [-0.2, 0) is 13.0 Å². The van der Waals surface area contributed by atoms with Gasteiger partial charge in [0.15, 0.2) is 0 Å². The molecule has 0 aliphatic heterocycles. The van der Waals surface area contributed by atoms with Crippen molar-refractivity contribution < 1.29 is 0 Å². The quantitative estimate of drug-likeness (QED) is 0.746. The topological polar surface area (TPSA) is 30.2 Å². The van der Waals surface area contributed by atoms with E-state index in [1.165, 1.54) is 22.3 Å². The van der Waals surface area contributed by atoms with Crippen molar-refractivity contribution in [3.63, 3.8) is 0 Å². The molecule has 0 bridgehead atoms. The fourth-order valence-corrected chi connectivity index (χ4v) is 3.00. The Bertz CT molecular complexity index is 854. The molecule has 1 aromatic heterocycles. The van der Waals surface area contributed by atoms with E-state index in [0.717, 1.165) is 23.8 Å². The van der Waals surface area contributed by atoms with Gasteiger partial charge in [0.2, 0.25) is 0 Å². The van der Waals surface area contributed by atoms with Crippen LogP contribution in [0.1, 0.15) is 17.0 Å². The van der Waals surface area contributed by atoms with Gasteiger partial charge in [-0.3, -0.25) is 4.99 Å². The van der Waals surface area contributed by atoms with Gasteiger partial charge in [0.05, 0.1) is 0 Å². The molecule has 4 heteroatoms. The lowest BCUT2D eigenvalue weighted by molar-refractivity contribution is 0.792. The molecule has 1 aromatic carbocycles. The second-order valence-corrected chi connectivity index (χ2v) is 6.18. The highest BCUT2D eigenvalue weighted by molar-refractivity contribution is 6.30. The molecule has 24 heavy (non-hydrogen) atoms. The van der Waals surface area contributed by atoms with E-state index in [-0.39, 0.29) is 0 Å². The SMILES string of the molecule is CN=C/C=C\C1=CCc2ccc(Cl)cc2C(Cn2ccnc2C)=C1. The van der Waals surface area contributed by atoms with Crippen LogP contribution in [-0.4, -0.2) is 22.8 Å². The van der Waals surface area contributed by atoms with Crippen molar-refractivity contribution in [2.45, 2.75) is 19.9 Å². The van der Waals surface area contributed by atoms with Gasteiger partial charge in [-0.15, -0.1) is 0 Å². The first-order valence-corrected chi connectivity index (χ1v) is 8.31. The summed E-state index contributed by atoms with van der Waals surface area (Å²) in [6, 6.07) is 6.13. The molecule has 0 unspecified atom stereocenters. The average molecular weight is 338 g/mol. The molecular weight excluding hydrogens is 318 g/mol. The van der Waals surface area contributed by atoms with Crippen molar-refractivity contribution in [1.29, 1.82) is 0 Å². The maximum atomic E-state index is 6.25. The van der Waals surface area contributed by atoms with Crippen LogP contribution in [0.15, 0.2) is 65.5 Å². The van der Waals surface area contributed by atoms with Crippen LogP contribution in [0.3, 0.4) is 0 Å². The Kier molecular flexibility index (Phi) is 5.11. The number of allylic oxidation sites excluding steroid dienone is 6. The van der Waals surface area contributed by atoms with Crippen molar-refractivity contribution >= 4 is 23.4 Å². The van der Waals surface area contributed by atoms with Gasteiger partial charge in [-0.25, -0.2) is 4.98 Å². The van der Waals surface area contributed by atoms with Crippen molar-refractivity contribution in [3.8, 4) is 0 Å². The number of halogens is 1. The smallest absolute Gasteiger partial charge is 0.105 e. The van der Waals surface area contributed by atoms with Gasteiger partial charge < -0.3 is 4.57 Å². The Morgan fingerprint density at radius 3 is 3.00 bits per heavy atom. The second kappa shape index (κ2) is 7.45. The van der Waals surface area contributed by atoms with Crippen LogP contribution in [0.25, 0.3) is 5.57 Å². The monoisotopic (exact) mass is 337 g/mol. The van der Waals surface area contributed by atoms with Crippen molar-refractivity contribution in [1.82, 2.24) is 9.55 Å². The molecule has 0 saturated carbocycles. The molecule has 1 aliphatic rings. The molecule has 0 atom stereocenters. The lowest BCUT2D eigenvalue weighted by atomic mass is 9.98. The maximum absolute atomic E-state index is 6.25. The van der Waals surface area contributed by atoms with Gasteiger partial charge >= 0.3 is 0 Å². The molecule has 1 heterocycles. The summed E-state index contributed by atoms with van der Waals surface area (Å²) in [5, 5.41) is 0.763. The van der Waals surface area contributed by atoms with Gasteiger partial charge in [-0.05, 0) is 59.9 Å². The van der Waals surface area contributed by atoms with Gasteiger partial charge in [-0.1, -0.05) is 29.8 Å². The molecule has 3 nitrogen and oxygen atoms in total. The first-order chi connectivity index (χ1) is 11.7. The summed E-state index contributed by atoms with van der Waals surface area (Å²) in [7, 11) is 1.77. The fourth-order valence-electron chi connectivity index (χ4n) is 2.83. The number of aliphatic imine (C=N–C) groups is 1. The third kappa shape index (κ3) is 3.74. The first kappa shape index (κ1) is 16.5. The molecule has 0 spiro atoms. The fraction of sp³-hybridized carbons (Fsp3) is 0.200. The third-order valence-electron chi connectivity index (χ3n) is 4.10. The summed E-state index contributed by atoms with van der Waals surface area (Å²) < 4.78 is 2.15. The number of benzene rings is 1. The van der Waals surface area contributed by atoms with Gasteiger partial charge in [-0.2, -0.15) is 0 Å². The van der Waals surface area contributed by atoms with E-state index in [1.54, 1.807) is 13.3 Å². The Balaban J connectivity index is 2.03. The molecule has 1 aliphatic carbocycles. The second-order valence-electron chi connectivity index (χ2n) is 5.75. The summed E-state index contributed by atoms with van der Waals surface area (Å²) in [5.41, 5.74) is 4.90. The molecule has 2 aromatic rings. The maximum Gasteiger partial charge on any atom is 0.105 e. The van der Waals surface area contributed by atoms with Crippen LogP contribution >= 0.6 is 11.6 Å². The highest BCUT2D eigenvalue weighted by Gasteiger charge is 2.13. The van der Waals surface area contributed by atoms with Gasteiger partial charge in [0.1, 0.15) is 5.82 Å². The van der Waals surface area contributed by atoms with Crippen LogP contribution in [0, 0.1) is 6.92 Å². The van der Waals surface area contributed by atoms with Crippen molar-refractivity contribution in [2.24, 2.45) is 4.99 Å². The van der Waals surface area contributed by atoms with Gasteiger partial charge in [0, 0.05) is 37.2 Å². The minimum Gasteiger partial charge on any atom is -0.331 e. The summed E-state index contributed by atoms with van der Waals surface area (Å²) in [5.74, 6) is 1.00. The van der Waals surface area contributed by atoms with Crippen LogP contribution < -0.4 is 0 Å². The standard InChI is InChI=1S/C20H20ClN3/c1-15-23-10-11-24(15)14-18-12-16(4-3-9-22-2)5-6-17-7-8-19(21)13-20(17)18/h3-5,7-13H,6,14H2,1-2H3/b4-3-,22-9?. The average Bonchev–Trinajstić information content (AvgIpc) is 2.89. The van der Waals surface area contributed by atoms with Crippen LogP contribution in [0.4, 0.5) is 0 Å². The Labute approximate surface area is 147 Å². The zero-order valence-electron chi connectivity index (χ0n) is 13.9. The minimum atomic E-state index is 0.763. The Morgan fingerprint density at radius 2 is 2.25 bits per heavy atom. The van der Waals surface area contributed by atoms with Gasteiger partial charge in [0.25, 0.3) is 0 Å². The molecule has 0 fully saturated rings. The van der Waals surface area contributed by atoms with E-state index in [1.807, 2.05) is 31.5 Å². The third-order valence-corrected chi connectivity index (χ3v) is 4.34. The normalized spacial score (nSPS) is 14.6. The van der Waals surface area contributed by atoms with E-state index in [2.05, 4.69) is 44.9 Å². The molecular formula is C20H20ClN3. The lowest BCUT2D eigenvalue weighted by Gasteiger charge is -2.13. The van der Waals surface area contributed by atoms with Crippen LogP contribution in [0.5, 0.6) is 0 Å². The van der Waals surface area contributed by atoms with E-state index in [9.17, 15) is 0 Å². The lowest BCUT2D eigenvalue weighted by Crippen LogP contribution is -2.03. The number of nitrogens with zero attached hydrogens (tertiary/aromatic N) is 3. The van der Waals surface area contributed by atoms with E-state index in [4.69, 9.17) is 11.6 Å². The summed E-state index contributed by atoms with van der Waals surface area (Å²) in [6.45, 7) is 2.79. The molecule has 0 radical (unpaired) electrons. The number of aromatic nitrogens is 2. The largest absolute Gasteiger partial charge is 0.331 e. The zero-order valence-corrected chi connectivity index (χ0v) is 14.7. The molecule has 0 saturated heterocycles. The summed E-state index contributed by atoms with van der Waals surface area (Å²) >= 11 is 6.25. The minimum absolute atomic E-state index is 0.763. The zero-order chi connectivity index (χ0) is 16.9. The molecule has 0 amide bonds. The Hall–Kier alpha value is -2.39. The number of hydrogen-bond donors (Lipinski definition) is 0. The molecule has 0 N–H and O–H groups in total. The predicted molar refractivity (Wildman–Crippen MR) is 102 cm³/mol. The number of hydrogen-bond acceptors (Lipinski definition) is 2. The molecule has 3 rings (SSSR count). The molecule has 122 valence electrons. The van der Waals surface area contributed by atoms with Crippen molar-refractivity contribution in [3.05, 3.63) is 82.4 Å². The van der Waals surface area contributed by atoms with E-state index in [0.29, 0.717) is 0 Å².